The second-order valence-corrected chi connectivity index (χ2v) is 13.3. The molecule has 0 atom stereocenters. The van der Waals surface area contributed by atoms with Crippen LogP contribution >= 0.6 is 0 Å². The van der Waals surface area contributed by atoms with E-state index in [1.54, 1.807) is 24.5 Å². The van der Waals surface area contributed by atoms with E-state index in [-0.39, 0.29) is 17.4 Å². The molecule has 0 saturated heterocycles. The Balaban J connectivity index is 0.000000297. The van der Waals surface area contributed by atoms with Gasteiger partial charge in [-0.3, -0.25) is 14.8 Å². The van der Waals surface area contributed by atoms with Crippen molar-refractivity contribution in [1.82, 2.24) is 20.6 Å². The number of carboxylic acids is 1. The smallest absolute Gasteiger partial charge is 0.407 e. The van der Waals surface area contributed by atoms with Gasteiger partial charge in [-0.05, 0) is 107 Å². The Labute approximate surface area is 299 Å². The summed E-state index contributed by atoms with van der Waals surface area (Å²) in [4.78, 5) is 52.9. The quantitative estimate of drug-likeness (QED) is 0.103. The molecular weight excluding hydrogens is 650 g/mol. The number of amides is 2. The number of carbonyl (C=O) groups is 4. The maximum absolute atomic E-state index is 12.2. The van der Waals surface area contributed by atoms with E-state index in [0.29, 0.717) is 31.5 Å². The van der Waals surface area contributed by atoms with Gasteiger partial charge in [0.05, 0.1) is 5.56 Å². The van der Waals surface area contributed by atoms with Crippen molar-refractivity contribution in [3.63, 3.8) is 0 Å². The molecule has 4 aromatic rings. The molecule has 12 nitrogen and oxygen atoms in total. The van der Waals surface area contributed by atoms with E-state index < -0.39 is 23.3 Å². The number of benzene rings is 2. The van der Waals surface area contributed by atoms with Crippen molar-refractivity contribution in [2.45, 2.75) is 72.0 Å². The standard InChI is InChI=1S/C20H24N2O3.C13H20N2O2.C6H5NO2/c1-20(2,3)25-19(24)22-13-8-15-4-6-16(7-5-15)14-18(23)17-9-11-21-12-10-17;1-13(2,3)17-12(16)15-9-8-10-4-6-11(14)7-5-10;8-6(9)5-1-3-7-4-2-5/h4-7,9-12H,8,13-14H2,1-3H3,(H,22,24);4-7H,8-9,14H2,1-3H3,(H,15,16);1-4H,(H,8,9). The van der Waals surface area contributed by atoms with Crippen LogP contribution in [0.5, 0.6) is 0 Å². The minimum Gasteiger partial charge on any atom is -0.478 e. The van der Waals surface area contributed by atoms with E-state index in [1.807, 2.05) is 90.1 Å². The maximum atomic E-state index is 12.2. The highest BCUT2D eigenvalue weighted by molar-refractivity contribution is 5.97. The van der Waals surface area contributed by atoms with Crippen molar-refractivity contribution >= 4 is 29.6 Å². The fraction of sp³-hybridized carbons (Fsp3) is 0.333. The molecule has 5 N–H and O–H groups in total. The highest BCUT2D eigenvalue weighted by atomic mass is 16.6. The summed E-state index contributed by atoms with van der Waals surface area (Å²) in [7, 11) is 0. The molecule has 12 heteroatoms. The van der Waals surface area contributed by atoms with Gasteiger partial charge >= 0.3 is 18.2 Å². The van der Waals surface area contributed by atoms with Crippen LogP contribution in [-0.4, -0.2) is 63.3 Å². The molecule has 2 aromatic carbocycles. The molecule has 272 valence electrons. The second kappa shape index (κ2) is 20.7. The summed E-state index contributed by atoms with van der Waals surface area (Å²) in [5.74, 6) is -0.848. The number of carbonyl (C=O) groups excluding carboxylic acids is 3. The van der Waals surface area contributed by atoms with Crippen molar-refractivity contribution in [1.29, 1.82) is 0 Å². The van der Waals surface area contributed by atoms with Gasteiger partial charge in [-0.1, -0.05) is 36.4 Å². The molecule has 2 heterocycles. The van der Waals surface area contributed by atoms with Crippen molar-refractivity contribution < 1.29 is 33.8 Å². The van der Waals surface area contributed by atoms with E-state index >= 15 is 0 Å². The third-order valence-electron chi connectivity index (χ3n) is 6.46. The minimum atomic E-state index is -0.919. The Morgan fingerprint density at radius 3 is 1.35 bits per heavy atom. The Hall–Kier alpha value is -5.78. The molecule has 2 amide bonds. The number of ketones is 1. The number of aromatic carboxylic acids is 1. The van der Waals surface area contributed by atoms with Gasteiger partial charge in [-0.25, -0.2) is 14.4 Å². The number of nitrogens with zero attached hydrogens (tertiary/aromatic N) is 2. The van der Waals surface area contributed by atoms with Crippen LogP contribution < -0.4 is 16.4 Å². The lowest BCUT2D eigenvalue weighted by molar-refractivity contribution is 0.0517. The number of alkyl carbamates (subject to hydrolysis) is 2. The number of hydrogen-bond donors (Lipinski definition) is 4. The van der Waals surface area contributed by atoms with Crippen LogP contribution in [0.4, 0.5) is 15.3 Å². The van der Waals surface area contributed by atoms with Crippen LogP contribution in [0, 0.1) is 0 Å². The molecule has 2 aromatic heterocycles. The molecule has 0 saturated carbocycles. The zero-order valence-electron chi connectivity index (χ0n) is 30.1. The topological polar surface area (TPSA) is 183 Å². The van der Waals surface area contributed by atoms with Gasteiger partial charge in [0.2, 0.25) is 0 Å². The molecule has 0 aliphatic heterocycles. The van der Waals surface area contributed by atoms with Gasteiger partial charge in [0.25, 0.3) is 0 Å². The lowest BCUT2D eigenvalue weighted by Gasteiger charge is -2.19. The first-order chi connectivity index (χ1) is 24.0. The lowest BCUT2D eigenvalue weighted by Crippen LogP contribution is -2.33. The molecule has 0 radical (unpaired) electrons. The predicted molar refractivity (Wildman–Crippen MR) is 197 cm³/mol. The van der Waals surface area contributed by atoms with E-state index in [1.165, 1.54) is 24.5 Å². The van der Waals surface area contributed by atoms with Gasteiger partial charge < -0.3 is 30.9 Å². The molecule has 51 heavy (non-hydrogen) atoms. The normalized spacial score (nSPS) is 10.6. The van der Waals surface area contributed by atoms with E-state index in [4.69, 9.17) is 20.3 Å². The Bertz CT molecular complexity index is 1650. The molecule has 4 rings (SSSR count). The average Bonchev–Trinajstić information content (AvgIpc) is 3.06. The summed E-state index contributed by atoms with van der Waals surface area (Å²) < 4.78 is 10.3. The Morgan fingerprint density at radius 1 is 0.608 bits per heavy atom. The summed E-state index contributed by atoms with van der Waals surface area (Å²) >= 11 is 0. The van der Waals surface area contributed by atoms with Crippen molar-refractivity contribution in [2.75, 3.05) is 18.8 Å². The van der Waals surface area contributed by atoms with Crippen molar-refractivity contribution in [3.8, 4) is 0 Å². The van der Waals surface area contributed by atoms with Crippen LogP contribution in [0.2, 0.25) is 0 Å². The number of ether oxygens (including phenoxy) is 2. The number of carboxylic acid groups (broad SMARTS) is 1. The average molecular weight is 700 g/mol. The SMILES string of the molecule is CC(C)(C)OC(=O)NCCc1ccc(CC(=O)c2ccncc2)cc1.CC(C)(C)OC(=O)NCCc1ccc(N)cc1.O=C(O)c1ccncc1. The molecular formula is C39H49N5O7. The van der Waals surface area contributed by atoms with E-state index in [2.05, 4.69) is 20.6 Å². The van der Waals surface area contributed by atoms with Crippen LogP contribution in [0.3, 0.4) is 0 Å². The number of hydrogen-bond acceptors (Lipinski definition) is 9. The fourth-order valence-corrected chi connectivity index (χ4v) is 4.07. The molecule has 0 aliphatic rings. The summed E-state index contributed by atoms with van der Waals surface area (Å²) in [6.45, 7) is 12.1. The Morgan fingerprint density at radius 2 is 0.980 bits per heavy atom. The Kier molecular flexibility index (Phi) is 16.8. The van der Waals surface area contributed by atoms with Crippen LogP contribution in [0.1, 0.15) is 78.9 Å². The third kappa shape index (κ3) is 19.1. The molecule has 0 bridgehead atoms. The number of nitrogen functional groups attached to an aromatic ring is 1. The predicted octanol–water partition coefficient (Wildman–Crippen LogP) is 6.69. The summed E-state index contributed by atoms with van der Waals surface area (Å²) in [5.41, 5.74) is 9.51. The van der Waals surface area contributed by atoms with Crippen LogP contribution in [-0.2, 0) is 28.7 Å². The van der Waals surface area contributed by atoms with Gasteiger partial charge in [0.1, 0.15) is 11.2 Å². The lowest BCUT2D eigenvalue weighted by atomic mass is 10.0. The molecule has 0 spiro atoms. The minimum absolute atomic E-state index is 0.0711. The van der Waals surface area contributed by atoms with Crippen LogP contribution in [0.15, 0.2) is 97.6 Å². The highest BCUT2D eigenvalue weighted by Crippen LogP contribution is 2.11. The van der Waals surface area contributed by atoms with E-state index in [9.17, 15) is 19.2 Å². The second-order valence-electron chi connectivity index (χ2n) is 13.3. The zero-order chi connectivity index (χ0) is 37.9. The molecule has 0 fully saturated rings. The van der Waals surface area contributed by atoms with Crippen LogP contribution in [0.25, 0.3) is 0 Å². The number of nitrogens with two attached hydrogens (primary N) is 1. The fourth-order valence-electron chi connectivity index (χ4n) is 4.07. The highest BCUT2D eigenvalue weighted by Gasteiger charge is 2.16. The first-order valence-corrected chi connectivity index (χ1v) is 16.4. The monoisotopic (exact) mass is 699 g/mol. The first kappa shape index (κ1) is 41.4. The summed E-state index contributed by atoms with van der Waals surface area (Å²) in [5, 5.41) is 13.8. The number of aromatic nitrogens is 2. The maximum Gasteiger partial charge on any atom is 0.407 e. The van der Waals surface area contributed by atoms with Gasteiger partial charge in [-0.15, -0.1) is 0 Å². The summed E-state index contributed by atoms with van der Waals surface area (Å²) in [6, 6.07) is 21.8. The number of anilines is 1. The number of pyridine rings is 2. The van der Waals surface area contributed by atoms with Crippen molar-refractivity contribution in [3.05, 3.63) is 125 Å². The largest absolute Gasteiger partial charge is 0.478 e. The van der Waals surface area contributed by atoms with Gasteiger partial charge in [0, 0.05) is 55.5 Å². The van der Waals surface area contributed by atoms with Crippen molar-refractivity contribution in [2.24, 2.45) is 0 Å². The summed E-state index contributed by atoms with van der Waals surface area (Å²) in [6.07, 6.45) is 7.17. The van der Waals surface area contributed by atoms with Gasteiger partial charge in [0.15, 0.2) is 5.78 Å². The number of rotatable bonds is 10. The van der Waals surface area contributed by atoms with E-state index in [0.717, 1.165) is 28.8 Å². The first-order valence-electron chi connectivity index (χ1n) is 16.4. The zero-order valence-corrected chi connectivity index (χ0v) is 30.1. The number of Topliss-reactive ketones (excluding diaryl/α,β-unsaturated/α-hetero) is 1. The van der Waals surface area contributed by atoms with Gasteiger partial charge in [-0.2, -0.15) is 0 Å². The number of nitrogens with one attached hydrogen (secondary N) is 2. The molecule has 0 aliphatic carbocycles. The molecule has 0 unspecified atom stereocenters. The third-order valence-corrected chi connectivity index (χ3v) is 6.46.